The molecule has 0 fully saturated rings. The van der Waals surface area contributed by atoms with E-state index in [0.29, 0.717) is 16.3 Å². The van der Waals surface area contributed by atoms with E-state index >= 15 is 0 Å². The highest BCUT2D eigenvalue weighted by Gasteiger charge is 2.12. The number of nitrogens with zero attached hydrogens (tertiary/aromatic N) is 1. The van der Waals surface area contributed by atoms with E-state index in [2.05, 4.69) is 26.2 Å². The van der Waals surface area contributed by atoms with Crippen LogP contribution in [0.4, 0.5) is 5.69 Å². The lowest BCUT2D eigenvalue weighted by Gasteiger charge is -2.07. The normalized spacial score (nSPS) is 10.2. The summed E-state index contributed by atoms with van der Waals surface area (Å²) in [6.45, 7) is 0. The van der Waals surface area contributed by atoms with E-state index in [1.54, 1.807) is 36.5 Å². The summed E-state index contributed by atoms with van der Waals surface area (Å²) < 4.78 is 0.773. The molecule has 1 aromatic carbocycles. The summed E-state index contributed by atoms with van der Waals surface area (Å²) in [6, 6.07) is 8.40. The average Bonchev–Trinajstić information content (AvgIpc) is 2.35. The Labute approximate surface area is 122 Å². The van der Waals surface area contributed by atoms with Crippen molar-refractivity contribution < 1.29 is 4.79 Å². The van der Waals surface area contributed by atoms with Gasteiger partial charge in [0.15, 0.2) is 5.15 Å². The Hall–Kier alpha value is -1.10. The van der Waals surface area contributed by atoms with Gasteiger partial charge in [-0.2, -0.15) is 0 Å². The number of halogens is 3. The highest BCUT2D eigenvalue weighted by atomic mass is 79.9. The summed E-state index contributed by atoms with van der Waals surface area (Å²) in [7, 11) is 0. The Kier molecular flexibility index (Phi) is 4.22. The van der Waals surface area contributed by atoms with Crippen molar-refractivity contribution in [2.45, 2.75) is 0 Å². The molecule has 0 radical (unpaired) electrons. The summed E-state index contributed by atoms with van der Waals surface area (Å²) >= 11 is 15.1. The number of amides is 1. The van der Waals surface area contributed by atoms with Crippen LogP contribution in [0.3, 0.4) is 0 Å². The van der Waals surface area contributed by atoms with E-state index in [1.807, 2.05) is 0 Å². The van der Waals surface area contributed by atoms with Crippen LogP contribution in [0.1, 0.15) is 10.4 Å². The van der Waals surface area contributed by atoms with Crippen LogP contribution in [0.15, 0.2) is 41.0 Å². The van der Waals surface area contributed by atoms with Crippen LogP contribution in [0.5, 0.6) is 0 Å². The second-order valence-corrected chi connectivity index (χ2v) is 5.10. The third kappa shape index (κ3) is 3.02. The van der Waals surface area contributed by atoms with Crippen molar-refractivity contribution >= 4 is 50.7 Å². The van der Waals surface area contributed by atoms with E-state index in [1.165, 1.54) is 0 Å². The third-order valence-electron chi connectivity index (χ3n) is 2.18. The molecule has 1 amide bonds. The van der Waals surface area contributed by atoms with Crippen LogP contribution in [0, 0.1) is 0 Å². The predicted octanol–water partition coefficient (Wildman–Crippen LogP) is 4.40. The molecule has 2 rings (SSSR count). The minimum absolute atomic E-state index is 0.233. The third-order valence-corrected chi connectivity index (χ3v) is 3.30. The molecule has 0 atom stereocenters. The lowest BCUT2D eigenvalue weighted by Crippen LogP contribution is -2.13. The molecule has 1 aromatic heterocycles. The van der Waals surface area contributed by atoms with Gasteiger partial charge in [0.25, 0.3) is 5.91 Å². The Morgan fingerprint density at radius 1 is 1.28 bits per heavy atom. The first-order chi connectivity index (χ1) is 8.58. The molecule has 0 spiro atoms. The van der Waals surface area contributed by atoms with Crippen molar-refractivity contribution in [2.24, 2.45) is 0 Å². The van der Waals surface area contributed by atoms with Gasteiger partial charge in [0.05, 0.1) is 16.3 Å². The van der Waals surface area contributed by atoms with E-state index in [-0.39, 0.29) is 11.1 Å². The molecule has 3 nitrogen and oxygen atoms in total. The quantitative estimate of drug-likeness (QED) is 0.819. The maximum Gasteiger partial charge on any atom is 0.257 e. The zero-order chi connectivity index (χ0) is 13.1. The predicted molar refractivity (Wildman–Crippen MR) is 76.4 cm³/mol. The standard InChI is InChI=1S/C12H7BrCl2N2O/c13-7-3-4-9(14)8(6-7)12(18)17-10-2-1-5-16-11(10)15/h1-6H,(H,17,18). The molecule has 0 aliphatic heterocycles. The monoisotopic (exact) mass is 344 g/mol. The fourth-order valence-corrected chi connectivity index (χ4v) is 2.07. The molecule has 6 heteroatoms. The summed E-state index contributed by atoms with van der Waals surface area (Å²) in [5.41, 5.74) is 0.811. The highest BCUT2D eigenvalue weighted by Crippen LogP contribution is 2.23. The zero-order valence-electron chi connectivity index (χ0n) is 8.95. The number of pyridine rings is 1. The average molecular weight is 346 g/mol. The molecular weight excluding hydrogens is 339 g/mol. The van der Waals surface area contributed by atoms with Gasteiger partial charge in [0.1, 0.15) is 0 Å². The first-order valence-electron chi connectivity index (χ1n) is 4.95. The van der Waals surface area contributed by atoms with Crippen LogP contribution >= 0.6 is 39.1 Å². The van der Waals surface area contributed by atoms with Gasteiger partial charge in [-0.3, -0.25) is 4.79 Å². The number of carbonyl (C=O) groups is 1. The SMILES string of the molecule is O=C(Nc1cccnc1Cl)c1cc(Br)ccc1Cl. The fraction of sp³-hybridized carbons (Fsp3) is 0. The number of benzene rings is 1. The molecule has 0 aliphatic carbocycles. The van der Waals surface area contributed by atoms with Crippen LogP contribution in [-0.4, -0.2) is 10.9 Å². The van der Waals surface area contributed by atoms with E-state index < -0.39 is 0 Å². The van der Waals surface area contributed by atoms with Gasteiger partial charge in [0, 0.05) is 10.7 Å². The minimum atomic E-state index is -0.337. The molecule has 2 aromatic rings. The van der Waals surface area contributed by atoms with Crippen molar-refractivity contribution in [2.75, 3.05) is 5.32 Å². The largest absolute Gasteiger partial charge is 0.319 e. The molecule has 0 saturated carbocycles. The highest BCUT2D eigenvalue weighted by molar-refractivity contribution is 9.10. The van der Waals surface area contributed by atoms with Crippen molar-refractivity contribution in [3.63, 3.8) is 0 Å². The smallest absolute Gasteiger partial charge is 0.257 e. The summed E-state index contributed by atoms with van der Waals surface area (Å²) in [5.74, 6) is -0.337. The number of nitrogens with one attached hydrogen (secondary N) is 1. The second kappa shape index (κ2) is 5.69. The maximum absolute atomic E-state index is 12.0. The first kappa shape index (κ1) is 13.3. The van der Waals surface area contributed by atoms with Gasteiger partial charge in [-0.05, 0) is 30.3 Å². The van der Waals surface area contributed by atoms with Gasteiger partial charge in [-0.1, -0.05) is 39.1 Å². The van der Waals surface area contributed by atoms with Gasteiger partial charge in [0.2, 0.25) is 0 Å². The number of carbonyl (C=O) groups excluding carboxylic acids is 1. The number of hydrogen-bond acceptors (Lipinski definition) is 2. The van der Waals surface area contributed by atoms with Gasteiger partial charge >= 0.3 is 0 Å². The topological polar surface area (TPSA) is 42.0 Å². The molecule has 1 heterocycles. The van der Waals surface area contributed by atoms with Crippen molar-refractivity contribution in [1.29, 1.82) is 0 Å². The van der Waals surface area contributed by atoms with E-state index in [4.69, 9.17) is 23.2 Å². The molecule has 0 bridgehead atoms. The van der Waals surface area contributed by atoms with Crippen molar-refractivity contribution in [3.05, 3.63) is 56.7 Å². The Morgan fingerprint density at radius 3 is 2.78 bits per heavy atom. The molecule has 0 aliphatic rings. The number of rotatable bonds is 2. The molecule has 18 heavy (non-hydrogen) atoms. The molecular formula is C12H7BrCl2N2O. The minimum Gasteiger partial charge on any atom is -0.319 e. The Balaban J connectivity index is 2.28. The number of hydrogen-bond donors (Lipinski definition) is 1. The lowest BCUT2D eigenvalue weighted by atomic mass is 10.2. The van der Waals surface area contributed by atoms with Crippen LogP contribution in [0.25, 0.3) is 0 Å². The Morgan fingerprint density at radius 2 is 2.06 bits per heavy atom. The second-order valence-electron chi connectivity index (χ2n) is 3.42. The fourth-order valence-electron chi connectivity index (χ4n) is 1.34. The van der Waals surface area contributed by atoms with Crippen LogP contribution in [0.2, 0.25) is 10.2 Å². The van der Waals surface area contributed by atoms with Gasteiger partial charge < -0.3 is 5.32 Å². The molecule has 1 N–H and O–H groups in total. The lowest BCUT2D eigenvalue weighted by molar-refractivity contribution is 0.102. The summed E-state index contributed by atoms with van der Waals surface area (Å²) in [5, 5.41) is 3.26. The molecule has 0 unspecified atom stereocenters. The van der Waals surface area contributed by atoms with E-state index in [9.17, 15) is 4.79 Å². The zero-order valence-corrected chi connectivity index (χ0v) is 12.1. The molecule has 92 valence electrons. The molecule has 0 saturated heterocycles. The van der Waals surface area contributed by atoms with Gasteiger partial charge in [-0.25, -0.2) is 4.98 Å². The van der Waals surface area contributed by atoms with Gasteiger partial charge in [-0.15, -0.1) is 0 Å². The summed E-state index contributed by atoms with van der Waals surface area (Å²) in [6.07, 6.45) is 1.55. The first-order valence-corrected chi connectivity index (χ1v) is 6.50. The Bertz CT molecular complexity index is 604. The van der Waals surface area contributed by atoms with Crippen molar-refractivity contribution in [1.82, 2.24) is 4.98 Å². The summed E-state index contributed by atoms with van der Waals surface area (Å²) in [4.78, 5) is 15.9. The maximum atomic E-state index is 12.0. The number of aromatic nitrogens is 1. The number of anilines is 1. The van der Waals surface area contributed by atoms with Crippen LogP contribution in [-0.2, 0) is 0 Å². The van der Waals surface area contributed by atoms with Crippen molar-refractivity contribution in [3.8, 4) is 0 Å². The van der Waals surface area contributed by atoms with Crippen LogP contribution < -0.4 is 5.32 Å². The van der Waals surface area contributed by atoms with E-state index in [0.717, 1.165) is 4.47 Å².